The van der Waals surface area contributed by atoms with Crippen molar-refractivity contribution >= 4 is 6.16 Å². The van der Waals surface area contributed by atoms with Crippen molar-refractivity contribution in [2.45, 2.75) is 71.5 Å². The van der Waals surface area contributed by atoms with Crippen molar-refractivity contribution < 1.29 is 14.3 Å². The van der Waals surface area contributed by atoms with Gasteiger partial charge in [0.05, 0.1) is 0 Å². The molecule has 0 amide bonds. The molecule has 1 saturated carbocycles. The van der Waals surface area contributed by atoms with Crippen molar-refractivity contribution in [3.8, 4) is 0 Å². The Morgan fingerprint density at radius 3 is 2.38 bits per heavy atom. The molecule has 0 bridgehead atoms. The smallest absolute Gasteiger partial charge is 0.431 e. The highest BCUT2D eigenvalue weighted by molar-refractivity contribution is 5.60. The van der Waals surface area contributed by atoms with E-state index < -0.39 is 6.16 Å². The summed E-state index contributed by atoms with van der Waals surface area (Å²) in [6.07, 6.45) is 6.02. The fourth-order valence-corrected chi connectivity index (χ4v) is 2.16. The summed E-state index contributed by atoms with van der Waals surface area (Å²) in [5.41, 5.74) is 0. The molecule has 94 valence electrons. The second kappa shape index (κ2) is 6.77. The van der Waals surface area contributed by atoms with E-state index in [0.29, 0.717) is 5.92 Å². The Bertz CT molecular complexity index is 207. The van der Waals surface area contributed by atoms with Gasteiger partial charge in [-0.3, -0.25) is 0 Å². The van der Waals surface area contributed by atoms with Gasteiger partial charge in [-0.2, -0.15) is 0 Å². The lowest BCUT2D eigenvalue weighted by molar-refractivity contribution is -0.0227. The molecule has 0 saturated heterocycles. The molecule has 1 unspecified atom stereocenters. The molecule has 1 aliphatic carbocycles. The van der Waals surface area contributed by atoms with Crippen molar-refractivity contribution in [3.05, 3.63) is 0 Å². The van der Waals surface area contributed by atoms with Gasteiger partial charge in [0, 0.05) is 0 Å². The lowest BCUT2D eigenvalue weighted by Gasteiger charge is -2.24. The fourth-order valence-electron chi connectivity index (χ4n) is 2.16. The van der Waals surface area contributed by atoms with Gasteiger partial charge in [0.15, 0.2) is 0 Å². The maximum atomic E-state index is 11.5. The predicted octanol–water partition coefficient (Wildman–Crippen LogP) is 3.91. The van der Waals surface area contributed by atoms with Crippen molar-refractivity contribution in [2.24, 2.45) is 5.92 Å². The van der Waals surface area contributed by atoms with Gasteiger partial charge in [-0.15, -0.1) is 0 Å². The van der Waals surface area contributed by atoms with Crippen LogP contribution in [-0.2, 0) is 9.47 Å². The Morgan fingerprint density at radius 1 is 1.25 bits per heavy atom. The van der Waals surface area contributed by atoms with Crippen LogP contribution in [0.4, 0.5) is 4.79 Å². The second-order valence-corrected chi connectivity index (χ2v) is 4.94. The van der Waals surface area contributed by atoms with Gasteiger partial charge in [0.1, 0.15) is 12.2 Å². The fraction of sp³-hybridized carbons (Fsp3) is 0.923. The molecule has 0 N–H and O–H groups in total. The second-order valence-electron chi connectivity index (χ2n) is 4.94. The number of ether oxygens (including phenoxy) is 2. The summed E-state index contributed by atoms with van der Waals surface area (Å²) in [5.74, 6) is 0.351. The molecule has 3 nitrogen and oxygen atoms in total. The van der Waals surface area contributed by atoms with E-state index in [1.807, 2.05) is 6.92 Å². The standard InChI is InChI=1S/C13H24O3/c1-4-12(10(2)3)16-13(14)15-11-8-6-5-7-9-11/h10-12H,4-9H2,1-3H3. The van der Waals surface area contributed by atoms with Crippen LogP contribution in [0.1, 0.15) is 59.3 Å². The number of rotatable bonds is 4. The van der Waals surface area contributed by atoms with E-state index in [-0.39, 0.29) is 12.2 Å². The summed E-state index contributed by atoms with van der Waals surface area (Å²) < 4.78 is 10.6. The normalized spacial score (nSPS) is 19.5. The van der Waals surface area contributed by atoms with Crippen LogP contribution in [0.15, 0.2) is 0 Å². The molecule has 1 atom stereocenters. The summed E-state index contributed by atoms with van der Waals surface area (Å²) in [6, 6.07) is 0. The third kappa shape index (κ3) is 4.42. The lowest BCUT2D eigenvalue weighted by atomic mass is 9.98. The van der Waals surface area contributed by atoms with Gasteiger partial charge < -0.3 is 9.47 Å². The minimum atomic E-state index is -0.479. The van der Waals surface area contributed by atoms with Crippen LogP contribution in [0.5, 0.6) is 0 Å². The van der Waals surface area contributed by atoms with Crippen LogP contribution in [-0.4, -0.2) is 18.4 Å². The minimum Gasteiger partial charge on any atom is -0.431 e. The number of hydrogen-bond acceptors (Lipinski definition) is 3. The summed E-state index contributed by atoms with van der Waals surface area (Å²) in [7, 11) is 0. The van der Waals surface area contributed by atoms with Crippen LogP contribution in [0.25, 0.3) is 0 Å². The molecule has 16 heavy (non-hydrogen) atoms. The van der Waals surface area contributed by atoms with Gasteiger partial charge >= 0.3 is 6.16 Å². The molecule has 3 heteroatoms. The van der Waals surface area contributed by atoms with Crippen LogP contribution in [0.2, 0.25) is 0 Å². The molecular weight excluding hydrogens is 204 g/mol. The summed E-state index contributed by atoms with van der Waals surface area (Å²) in [6.45, 7) is 6.14. The molecular formula is C13H24O3. The van der Waals surface area contributed by atoms with E-state index in [0.717, 1.165) is 19.3 Å². The average Bonchev–Trinajstić information content (AvgIpc) is 2.27. The molecule has 0 aromatic carbocycles. The maximum Gasteiger partial charge on any atom is 0.508 e. The molecule has 1 rings (SSSR count). The molecule has 0 aliphatic heterocycles. The molecule has 1 fully saturated rings. The van der Waals surface area contributed by atoms with Gasteiger partial charge in [0.25, 0.3) is 0 Å². The quantitative estimate of drug-likeness (QED) is 0.684. The zero-order chi connectivity index (χ0) is 12.0. The van der Waals surface area contributed by atoms with Crippen molar-refractivity contribution in [1.82, 2.24) is 0 Å². The third-order valence-electron chi connectivity index (χ3n) is 3.21. The topological polar surface area (TPSA) is 35.5 Å². The van der Waals surface area contributed by atoms with Crippen LogP contribution in [0, 0.1) is 5.92 Å². The lowest BCUT2D eigenvalue weighted by Crippen LogP contribution is -2.27. The molecule has 0 aromatic heterocycles. The highest BCUT2D eigenvalue weighted by Crippen LogP contribution is 2.21. The molecule has 0 heterocycles. The minimum absolute atomic E-state index is 0.0175. The Balaban J connectivity index is 2.28. The summed E-state index contributed by atoms with van der Waals surface area (Å²) in [4.78, 5) is 11.5. The van der Waals surface area contributed by atoms with Gasteiger partial charge in [-0.1, -0.05) is 27.2 Å². The monoisotopic (exact) mass is 228 g/mol. The van der Waals surface area contributed by atoms with E-state index in [4.69, 9.17) is 9.47 Å². The first kappa shape index (κ1) is 13.3. The van der Waals surface area contributed by atoms with Gasteiger partial charge in [0.2, 0.25) is 0 Å². The average molecular weight is 228 g/mol. The zero-order valence-electron chi connectivity index (χ0n) is 10.7. The number of carbonyl (C=O) groups excluding carboxylic acids is 1. The highest BCUT2D eigenvalue weighted by Gasteiger charge is 2.22. The van der Waals surface area contributed by atoms with Crippen molar-refractivity contribution in [3.63, 3.8) is 0 Å². The Kier molecular flexibility index (Phi) is 5.64. The first-order chi connectivity index (χ1) is 7.63. The van der Waals surface area contributed by atoms with E-state index in [9.17, 15) is 4.79 Å². The van der Waals surface area contributed by atoms with Crippen molar-refractivity contribution in [1.29, 1.82) is 0 Å². The largest absolute Gasteiger partial charge is 0.508 e. The molecule has 1 aliphatic rings. The first-order valence-corrected chi connectivity index (χ1v) is 6.50. The number of carbonyl (C=O) groups is 1. The maximum absolute atomic E-state index is 11.5. The third-order valence-corrected chi connectivity index (χ3v) is 3.21. The molecule has 0 aromatic rings. The first-order valence-electron chi connectivity index (χ1n) is 6.50. The van der Waals surface area contributed by atoms with Crippen molar-refractivity contribution in [2.75, 3.05) is 0 Å². The van der Waals surface area contributed by atoms with Crippen LogP contribution >= 0.6 is 0 Å². The van der Waals surface area contributed by atoms with Gasteiger partial charge in [-0.25, -0.2) is 4.79 Å². The van der Waals surface area contributed by atoms with E-state index in [1.54, 1.807) is 0 Å². The Labute approximate surface area is 98.5 Å². The van der Waals surface area contributed by atoms with E-state index in [2.05, 4.69) is 13.8 Å². The van der Waals surface area contributed by atoms with Gasteiger partial charge in [-0.05, 0) is 38.0 Å². The predicted molar refractivity (Wildman–Crippen MR) is 63.4 cm³/mol. The zero-order valence-corrected chi connectivity index (χ0v) is 10.7. The van der Waals surface area contributed by atoms with E-state index >= 15 is 0 Å². The Hall–Kier alpha value is -0.730. The number of hydrogen-bond donors (Lipinski definition) is 0. The highest BCUT2D eigenvalue weighted by atomic mass is 16.7. The SMILES string of the molecule is CCC(OC(=O)OC1CCCCC1)C(C)C. The van der Waals surface area contributed by atoms with Crippen LogP contribution in [0.3, 0.4) is 0 Å². The summed E-state index contributed by atoms with van der Waals surface area (Å²) in [5, 5.41) is 0. The molecule has 0 radical (unpaired) electrons. The molecule has 0 spiro atoms. The Morgan fingerprint density at radius 2 is 1.88 bits per heavy atom. The van der Waals surface area contributed by atoms with Crippen LogP contribution < -0.4 is 0 Å². The summed E-state index contributed by atoms with van der Waals surface area (Å²) >= 11 is 0. The van der Waals surface area contributed by atoms with E-state index in [1.165, 1.54) is 19.3 Å².